The standard InChI is InChI=1S/C23H23NO6S/c1-28-22(26)14-21-24(20(25)16-31-21)12-7-13-29-23(27)18-10-5-6-11-19(18)30-15-17-8-3-2-4-9-17/h2-6,8-11,14H,7,12-13,15-16H2,1H3/b21-14+. The Morgan fingerprint density at radius 1 is 1.10 bits per heavy atom. The second-order valence-corrected chi connectivity index (χ2v) is 7.60. The van der Waals surface area contributed by atoms with Gasteiger partial charge in [-0.15, -0.1) is 0 Å². The number of hydrogen-bond acceptors (Lipinski definition) is 7. The molecule has 0 spiro atoms. The van der Waals surface area contributed by atoms with Gasteiger partial charge in [-0.25, -0.2) is 9.59 Å². The van der Waals surface area contributed by atoms with E-state index >= 15 is 0 Å². The molecule has 162 valence electrons. The molecule has 0 bridgehead atoms. The highest BCUT2D eigenvalue weighted by atomic mass is 32.2. The van der Waals surface area contributed by atoms with Crippen LogP contribution < -0.4 is 4.74 Å². The van der Waals surface area contributed by atoms with Crippen molar-refractivity contribution in [2.45, 2.75) is 13.0 Å². The van der Waals surface area contributed by atoms with Gasteiger partial charge < -0.3 is 19.1 Å². The van der Waals surface area contributed by atoms with E-state index in [4.69, 9.17) is 9.47 Å². The second-order valence-electron chi connectivity index (χ2n) is 6.60. The molecule has 0 saturated carbocycles. The van der Waals surface area contributed by atoms with Gasteiger partial charge in [0.15, 0.2) is 0 Å². The number of methoxy groups -OCH3 is 1. The summed E-state index contributed by atoms with van der Waals surface area (Å²) >= 11 is 1.28. The fraction of sp³-hybridized carbons (Fsp3) is 0.261. The van der Waals surface area contributed by atoms with E-state index in [-0.39, 0.29) is 18.3 Å². The first kappa shape index (κ1) is 22.4. The van der Waals surface area contributed by atoms with Crippen molar-refractivity contribution in [1.29, 1.82) is 0 Å². The number of nitrogens with zero attached hydrogens (tertiary/aromatic N) is 1. The summed E-state index contributed by atoms with van der Waals surface area (Å²) in [5.74, 6) is -0.372. The number of rotatable bonds is 9. The number of hydrogen-bond donors (Lipinski definition) is 0. The Labute approximate surface area is 185 Å². The average Bonchev–Trinajstić information content (AvgIpc) is 3.14. The zero-order valence-corrected chi connectivity index (χ0v) is 17.9. The molecule has 0 atom stereocenters. The van der Waals surface area contributed by atoms with E-state index in [9.17, 15) is 14.4 Å². The summed E-state index contributed by atoms with van der Waals surface area (Å²) in [6.45, 7) is 0.815. The minimum absolute atomic E-state index is 0.0915. The Balaban J connectivity index is 1.51. The number of amides is 1. The number of para-hydroxylation sites is 1. The van der Waals surface area contributed by atoms with Gasteiger partial charge in [0.2, 0.25) is 5.91 Å². The fourth-order valence-electron chi connectivity index (χ4n) is 2.89. The van der Waals surface area contributed by atoms with Crippen molar-refractivity contribution >= 4 is 29.6 Å². The van der Waals surface area contributed by atoms with Gasteiger partial charge in [-0.05, 0) is 24.1 Å². The van der Waals surface area contributed by atoms with Crippen molar-refractivity contribution < 1.29 is 28.6 Å². The zero-order valence-electron chi connectivity index (χ0n) is 17.1. The van der Waals surface area contributed by atoms with Crippen LogP contribution in [-0.2, 0) is 25.7 Å². The largest absolute Gasteiger partial charge is 0.488 e. The van der Waals surface area contributed by atoms with Crippen LogP contribution in [0, 0.1) is 0 Å². The maximum Gasteiger partial charge on any atom is 0.341 e. The van der Waals surface area contributed by atoms with E-state index in [1.807, 2.05) is 30.3 Å². The number of benzene rings is 2. The lowest BCUT2D eigenvalue weighted by Gasteiger charge is -2.17. The molecular formula is C23H23NO6S. The molecule has 7 nitrogen and oxygen atoms in total. The fourth-order valence-corrected chi connectivity index (χ4v) is 3.85. The monoisotopic (exact) mass is 441 g/mol. The predicted molar refractivity (Wildman–Crippen MR) is 116 cm³/mol. The Morgan fingerprint density at radius 2 is 1.84 bits per heavy atom. The van der Waals surface area contributed by atoms with Gasteiger partial charge in [-0.1, -0.05) is 54.2 Å². The molecule has 8 heteroatoms. The predicted octanol–water partition coefficient (Wildman–Crippen LogP) is 3.40. The Kier molecular flexibility index (Phi) is 8.12. The van der Waals surface area contributed by atoms with Gasteiger partial charge in [0.25, 0.3) is 0 Å². The summed E-state index contributed by atoms with van der Waals surface area (Å²) in [4.78, 5) is 37.5. The van der Waals surface area contributed by atoms with Gasteiger partial charge in [-0.3, -0.25) is 4.79 Å². The van der Waals surface area contributed by atoms with Crippen LogP contribution in [0.1, 0.15) is 22.3 Å². The summed E-state index contributed by atoms with van der Waals surface area (Å²) in [6.07, 6.45) is 1.73. The van der Waals surface area contributed by atoms with Crippen molar-refractivity contribution in [2.75, 3.05) is 26.0 Å². The van der Waals surface area contributed by atoms with Crippen LogP contribution in [0.5, 0.6) is 5.75 Å². The third kappa shape index (κ3) is 6.36. The first-order valence-corrected chi connectivity index (χ1v) is 10.7. The van der Waals surface area contributed by atoms with Crippen LogP contribution in [0.2, 0.25) is 0 Å². The number of ether oxygens (including phenoxy) is 3. The van der Waals surface area contributed by atoms with Gasteiger partial charge in [-0.2, -0.15) is 0 Å². The first-order valence-electron chi connectivity index (χ1n) is 9.74. The smallest absolute Gasteiger partial charge is 0.341 e. The van der Waals surface area contributed by atoms with Crippen LogP contribution in [0.4, 0.5) is 0 Å². The maximum absolute atomic E-state index is 12.5. The molecule has 1 aliphatic rings. The van der Waals surface area contributed by atoms with Crippen molar-refractivity contribution in [1.82, 2.24) is 4.90 Å². The van der Waals surface area contributed by atoms with Crippen LogP contribution in [0.15, 0.2) is 65.7 Å². The van der Waals surface area contributed by atoms with E-state index in [0.29, 0.717) is 35.9 Å². The average molecular weight is 442 g/mol. The summed E-state index contributed by atoms with van der Waals surface area (Å²) in [6, 6.07) is 16.6. The molecule has 1 amide bonds. The van der Waals surface area contributed by atoms with Crippen molar-refractivity contribution in [3.05, 3.63) is 76.8 Å². The molecule has 1 aliphatic heterocycles. The van der Waals surface area contributed by atoms with E-state index < -0.39 is 11.9 Å². The van der Waals surface area contributed by atoms with Gasteiger partial charge in [0.05, 0.1) is 30.6 Å². The Hall–Kier alpha value is -3.26. The van der Waals surface area contributed by atoms with E-state index in [1.165, 1.54) is 29.8 Å². The highest BCUT2D eigenvalue weighted by molar-refractivity contribution is 8.04. The van der Waals surface area contributed by atoms with Gasteiger partial charge in [0.1, 0.15) is 17.9 Å². The van der Waals surface area contributed by atoms with Crippen molar-refractivity contribution in [3.63, 3.8) is 0 Å². The highest BCUT2D eigenvalue weighted by Gasteiger charge is 2.27. The molecular weight excluding hydrogens is 418 g/mol. The van der Waals surface area contributed by atoms with Gasteiger partial charge >= 0.3 is 11.9 Å². The molecule has 0 radical (unpaired) electrons. The van der Waals surface area contributed by atoms with Crippen LogP contribution in [0.3, 0.4) is 0 Å². The Bertz CT molecular complexity index is 960. The zero-order chi connectivity index (χ0) is 22.1. The number of carbonyl (C=O) groups is 3. The number of thioether (sulfide) groups is 1. The summed E-state index contributed by atoms with van der Waals surface area (Å²) in [7, 11) is 1.28. The lowest BCUT2D eigenvalue weighted by Crippen LogP contribution is -2.27. The molecule has 31 heavy (non-hydrogen) atoms. The lowest BCUT2D eigenvalue weighted by molar-refractivity contribution is -0.134. The molecule has 0 aromatic heterocycles. The van der Waals surface area contributed by atoms with Crippen molar-refractivity contribution in [3.8, 4) is 5.75 Å². The lowest BCUT2D eigenvalue weighted by atomic mass is 10.2. The van der Waals surface area contributed by atoms with Crippen LogP contribution in [-0.4, -0.2) is 48.8 Å². The van der Waals surface area contributed by atoms with Crippen LogP contribution >= 0.6 is 11.8 Å². The Morgan fingerprint density at radius 3 is 2.61 bits per heavy atom. The molecule has 2 aromatic carbocycles. The quantitative estimate of drug-likeness (QED) is 0.335. The second kappa shape index (κ2) is 11.2. The maximum atomic E-state index is 12.5. The topological polar surface area (TPSA) is 82.1 Å². The number of esters is 2. The summed E-state index contributed by atoms with van der Waals surface area (Å²) in [5, 5.41) is 0.544. The normalized spacial score (nSPS) is 14.5. The summed E-state index contributed by atoms with van der Waals surface area (Å²) < 4.78 is 15.8. The molecule has 0 aliphatic carbocycles. The van der Waals surface area contributed by atoms with E-state index in [0.717, 1.165) is 5.56 Å². The molecule has 1 fully saturated rings. The van der Waals surface area contributed by atoms with E-state index in [2.05, 4.69) is 4.74 Å². The SMILES string of the molecule is COC(=O)/C=C1/SCC(=O)N1CCCOC(=O)c1ccccc1OCc1ccccc1. The van der Waals surface area contributed by atoms with Gasteiger partial charge in [0, 0.05) is 6.54 Å². The third-order valence-electron chi connectivity index (χ3n) is 4.46. The molecule has 1 saturated heterocycles. The molecule has 1 heterocycles. The number of carbonyl (C=O) groups excluding carboxylic acids is 3. The highest BCUT2D eigenvalue weighted by Crippen LogP contribution is 2.29. The van der Waals surface area contributed by atoms with Crippen molar-refractivity contribution in [2.24, 2.45) is 0 Å². The van der Waals surface area contributed by atoms with Crippen LogP contribution in [0.25, 0.3) is 0 Å². The molecule has 0 N–H and O–H groups in total. The molecule has 0 unspecified atom stereocenters. The minimum atomic E-state index is -0.513. The third-order valence-corrected chi connectivity index (χ3v) is 5.48. The first-order chi connectivity index (χ1) is 15.1. The summed E-state index contributed by atoms with van der Waals surface area (Å²) in [5.41, 5.74) is 1.34. The molecule has 3 rings (SSSR count). The van der Waals surface area contributed by atoms with E-state index in [1.54, 1.807) is 24.3 Å². The minimum Gasteiger partial charge on any atom is -0.488 e. The molecule has 2 aromatic rings.